The van der Waals surface area contributed by atoms with Gasteiger partial charge in [-0.05, 0) is 18.2 Å². The molecular formula is C8H10ClNO5S2. The number of halogens is 1. The summed E-state index contributed by atoms with van der Waals surface area (Å²) >= 11 is 5.33. The minimum Gasteiger partial charge on any atom is -0.398 e. The summed E-state index contributed by atoms with van der Waals surface area (Å²) in [6, 6.07) is 3.07. The minimum atomic E-state index is -4.55. The summed E-state index contributed by atoms with van der Waals surface area (Å²) in [7, 11) is -8.23. The summed E-state index contributed by atoms with van der Waals surface area (Å²) < 4.78 is 54.0. The molecule has 0 aliphatic heterocycles. The molecule has 0 amide bonds. The molecule has 0 aromatic heterocycles. The van der Waals surface area contributed by atoms with Gasteiger partial charge < -0.3 is 5.73 Å². The van der Waals surface area contributed by atoms with Crippen LogP contribution in [0.3, 0.4) is 0 Å². The van der Waals surface area contributed by atoms with Gasteiger partial charge in [0.15, 0.2) is 9.84 Å². The highest BCUT2D eigenvalue weighted by Gasteiger charge is 2.20. The fraction of sp³-hybridized carbons (Fsp3) is 0.250. The molecule has 0 spiro atoms. The zero-order valence-electron chi connectivity index (χ0n) is 8.50. The molecule has 17 heavy (non-hydrogen) atoms. The molecule has 3 N–H and O–H groups in total. The summed E-state index contributed by atoms with van der Waals surface area (Å²) in [6.45, 7) is 0. The number of hydrogen-bond donors (Lipinski definition) is 2. The third kappa shape index (κ3) is 3.32. The first-order valence-electron chi connectivity index (χ1n) is 4.34. The van der Waals surface area contributed by atoms with E-state index >= 15 is 0 Å². The molecule has 0 atom stereocenters. The molecule has 0 bridgehead atoms. The quantitative estimate of drug-likeness (QED) is 0.476. The van der Waals surface area contributed by atoms with Crippen LogP contribution >= 0.6 is 11.6 Å². The molecule has 0 unspecified atom stereocenters. The van der Waals surface area contributed by atoms with Gasteiger partial charge in [-0.25, -0.2) is 8.42 Å². The number of benzene rings is 1. The van der Waals surface area contributed by atoms with E-state index in [4.69, 9.17) is 21.9 Å². The average Bonchev–Trinajstić information content (AvgIpc) is 2.15. The lowest BCUT2D eigenvalue weighted by atomic mass is 10.3. The summed E-state index contributed by atoms with van der Waals surface area (Å²) in [5.74, 6) is -0.447. The maximum absolute atomic E-state index is 11.6. The first kappa shape index (κ1) is 14.2. The number of anilines is 1. The normalized spacial score (nSPS) is 12.6. The van der Waals surface area contributed by atoms with Crippen molar-refractivity contribution in [2.75, 3.05) is 17.4 Å². The number of rotatable bonds is 4. The molecule has 0 fully saturated rings. The lowest BCUT2D eigenvalue weighted by Gasteiger charge is -2.06. The Morgan fingerprint density at radius 1 is 1.24 bits per heavy atom. The summed E-state index contributed by atoms with van der Waals surface area (Å²) in [4.78, 5) is -0.881. The predicted octanol–water partition coefficient (Wildman–Crippen LogP) is 0.528. The van der Waals surface area contributed by atoms with Crippen LogP contribution in [0.15, 0.2) is 28.0 Å². The second-order valence-electron chi connectivity index (χ2n) is 3.18. The van der Waals surface area contributed by atoms with Crippen molar-refractivity contribution in [3.8, 4) is 0 Å². The fourth-order valence-electron chi connectivity index (χ4n) is 1.15. The molecule has 96 valence electrons. The first-order valence-corrected chi connectivity index (χ1v) is 7.97. The Kier molecular flexibility index (Phi) is 4.03. The van der Waals surface area contributed by atoms with E-state index in [1.807, 2.05) is 0 Å². The van der Waals surface area contributed by atoms with E-state index in [1.165, 1.54) is 0 Å². The number of hydrogen-bond acceptors (Lipinski definition) is 5. The zero-order chi connectivity index (χ0) is 13.3. The van der Waals surface area contributed by atoms with E-state index in [0.29, 0.717) is 0 Å². The van der Waals surface area contributed by atoms with E-state index in [9.17, 15) is 16.8 Å². The van der Waals surface area contributed by atoms with Gasteiger partial charge in [0.05, 0.1) is 16.3 Å². The van der Waals surface area contributed by atoms with E-state index < -0.39 is 24.9 Å². The Labute approximate surface area is 104 Å². The molecular weight excluding hydrogens is 290 g/mol. The van der Waals surface area contributed by atoms with Crippen LogP contribution in [0, 0.1) is 0 Å². The molecule has 9 heteroatoms. The van der Waals surface area contributed by atoms with Crippen molar-refractivity contribution >= 4 is 37.2 Å². The van der Waals surface area contributed by atoms with Crippen molar-refractivity contribution < 1.29 is 21.4 Å². The molecule has 1 aromatic carbocycles. The van der Waals surface area contributed by atoms with Gasteiger partial charge in [0.2, 0.25) is 0 Å². The Morgan fingerprint density at radius 2 is 1.82 bits per heavy atom. The van der Waals surface area contributed by atoms with Crippen molar-refractivity contribution in [2.24, 2.45) is 0 Å². The second-order valence-corrected chi connectivity index (χ2v) is 7.06. The van der Waals surface area contributed by atoms with Crippen LogP contribution in [0.1, 0.15) is 0 Å². The van der Waals surface area contributed by atoms with Gasteiger partial charge in [-0.1, -0.05) is 0 Å². The highest BCUT2D eigenvalue weighted by molar-refractivity contribution is 7.91. The Hall–Kier alpha value is -0.830. The number of alkyl halides is 1. The van der Waals surface area contributed by atoms with E-state index in [0.717, 1.165) is 18.2 Å². The highest BCUT2D eigenvalue weighted by Crippen LogP contribution is 2.23. The molecule has 0 heterocycles. The molecule has 1 aromatic rings. The Bertz CT molecular complexity index is 623. The topological polar surface area (TPSA) is 115 Å². The summed E-state index contributed by atoms with van der Waals surface area (Å²) in [5, 5.41) is 0. The lowest BCUT2D eigenvalue weighted by Crippen LogP contribution is -2.10. The number of sulfone groups is 1. The monoisotopic (exact) mass is 299 g/mol. The smallest absolute Gasteiger partial charge is 0.296 e. The second kappa shape index (κ2) is 4.81. The largest absolute Gasteiger partial charge is 0.398 e. The van der Waals surface area contributed by atoms with Crippen LogP contribution in [0.2, 0.25) is 0 Å². The first-order chi connectivity index (χ1) is 7.68. The van der Waals surface area contributed by atoms with Gasteiger partial charge in [0, 0.05) is 5.88 Å². The van der Waals surface area contributed by atoms with Crippen LogP contribution in [0.5, 0.6) is 0 Å². The van der Waals surface area contributed by atoms with Crippen LogP contribution < -0.4 is 5.73 Å². The maximum Gasteiger partial charge on any atom is 0.296 e. The van der Waals surface area contributed by atoms with Crippen molar-refractivity contribution in [2.45, 2.75) is 9.79 Å². The van der Waals surface area contributed by atoms with Crippen LogP contribution in [-0.4, -0.2) is 33.0 Å². The van der Waals surface area contributed by atoms with Gasteiger partial charge >= 0.3 is 0 Å². The summed E-state index contributed by atoms with van der Waals surface area (Å²) in [6.07, 6.45) is 0. The molecule has 0 saturated carbocycles. The van der Waals surface area contributed by atoms with Crippen LogP contribution in [0.4, 0.5) is 5.69 Å². The van der Waals surface area contributed by atoms with E-state index in [2.05, 4.69) is 0 Å². The maximum atomic E-state index is 11.6. The minimum absolute atomic E-state index is 0.117. The molecule has 0 aliphatic rings. The highest BCUT2D eigenvalue weighted by atomic mass is 35.5. The van der Waals surface area contributed by atoms with E-state index in [-0.39, 0.29) is 22.2 Å². The van der Waals surface area contributed by atoms with Gasteiger partial charge in [0.1, 0.15) is 4.90 Å². The number of nitrogen functional groups attached to an aromatic ring is 1. The van der Waals surface area contributed by atoms with Gasteiger partial charge in [-0.3, -0.25) is 4.55 Å². The SMILES string of the molecule is Nc1ccc(S(=O)(=O)CCCl)cc1S(=O)(=O)O. The van der Waals surface area contributed by atoms with Crippen LogP contribution in [0.25, 0.3) is 0 Å². The van der Waals surface area contributed by atoms with Gasteiger partial charge in [0.25, 0.3) is 10.1 Å². The average molecular weight is 300 g/mol. The molecule has 1 rings (SSSR count). The summed E-state index contributed by atoms with van der Waals surface area (Å²) in [5.41, 5.74) is 5.11. The van der Waals surface area contributed by atoms with Gasteiger partial charge in [-0.2, -0.15) is 8.42 Å². The van der Waals surface area contributed by atoms with E-state index in [1.54, 1.807) is 0 Å². The molecule has 6 nitrogen and oxygen atoms in total. The Balaban J connectivity index is 3.43. The number of nitrogens with two attached hydrogens (primary N) is 1. The predicted molar refractivity (Wildman–Crippen MR) is 63.4 cm³/mol. The molecule has 0 saturated heterocycles. The van der Waals surface area contributed by atoms with Crippen molar-refractivity contribution in [3.63, 3.8) is 0 Å². The third-order valence-corrected chi connectivity index (χ3v) is 5.00. The van der Waals surface area contributed by atoms with Gasteiger partial charge in [-0.15, -0.1) is 11.6 Å². The standard InChI is InChI=1S/C8H10ClNO5S2/c9-3-4-16(11,12)6-1-2-7(10)8(5-6)17(13,14)15/h1-2,5H,3-4,10H2,(H,13,14,15). The van der Waals surface area contributed by atoms with Crippen molar-refractivity contribution in [1.29, 1.82) is 0 Å². The van der Waals surface area contributed by atoms with Crippen molar-refractivity contribution in [1.82, 2.24) is 0 Å². The fourth-order valence-corrected chi connectivity index (χ4v) is 3.49. The lowest BCUT2D eigenvalue weighted by molar-refractivity contribution is 0.483. The Morgan fingerprint density at radius 3 is 2.29 bits per heavy atom. The zero-order valence-corrected chi connectivity index (χ0v) is 10.9. The molecule has 0 radical (unpaired) electrons. The van der Waals surface area contributed by atoms with Crippen molar-refractivity contribution in [3.05, 3.63) is 18.2 Å². The molecule has 0 aliphatic carbocycles. The third-order valence-electron chi connectivity index (χ3n) is 1.97. The van der Waals surface area contributed by atoms with Crippen LogP contribution in [-0.2, 0) is 20.0 Å².